The maximum atomic E-state index is 13.2. The fourth-order valence-electron chi connectivity index (χ4n) is 4.45. The van der Waals surface area contributed by atoms with Gasteiger partial charge in [0.25, 0.3) is 5.91 Å². The van der Waals surface area contributed by atoms with Gasteiger partial charge in [0.05, 0.1) is 28.7 Å². The van der Waals surface area contributed by atoms with Crippen molar-refractivity contribution in [1.82, 2.24) is 9.80 Å². The van der Waals surface area contributed by atoms with E-state index in [1.807, 2.05) is 36.6 Å². The number of hydrogen-bond donors (Lipinski definition) is 2. The average Bonchev–Trinajstić information content (AvgIpc) is 3.15. The normalized spacial score (nSPS) is 22.3. The molecule has 7 heteroatoms. The summed E-state index contributed by atoms with van der Waals surface area (Å²) in [5.74, 6) is -0.0214. The van der Waals surface area contributed by atoms with Crippen LogP contribution in [-0.2, 0) is 0 Å². The molecule has 0 saturated carbocycles. The Bertz CT molecular complexity index is 840. The molecule has 0 spiro atoms. The van der Waals surface area contributed by atoms with Crippen molar-refractivity contribution >= 4 is 23.4 Å². The Labute approximate surface area is 152 Å². The molecule has 1 fully saturated rings. The van der Waals surface area contributed by atoms with Crippen LogP contribution in [0.3, 0.4) is 0 Å². The van der Waals surface area contributed by atoms with Gasteiger partial charge in [0.2, 0.25) is 0 Å². The highest BCUT2D eigenvalue weighted by atomic mass is 16.4. The standard InChI is InChI=1S/C19H24N4O3/c1-19(2,3)16-15-14-5-4-8-21(14)17(24)12-9-11(20)6-7-13(12)22(15)10-23(16)18(25)26/h6-7,9,14H,4-5,8,10,20H2,1-3H3,(H,25,26)/t14-/m0/s1. The van der Waals surface area contributed by atoms with Gasteiger partial charge >= 0.3 is 6.09 Å². The molecule has 7 nitrogen and oxygen atoms in total. The van der Waals surface area contributed by atoms with E-state index in [9.17, 15) is 14.7 Å². The zero-order chi connectivity index (χ0) is 18.8. The Hall–Kier alpha value is -2.70. The van der Waals surface area contributed by atoms with E-state index in [0.29, 0.717) is 17.8 Å². The van der Waals surface area contributed by atoms with Gasteiger partial charge in [-0.1, -0.05) is 20.8 Å². The number of carbonyl (C=O) groups is 2. The van der Waals surface area contributed by atoms with Crippen molar-refractivity contribution < 1.29 is 14.7 Å². The number of fused-ring (bicyclic) bond motifs is 5. The molecule has 0 unspecified atom stereocenters. The zero-order valence-electron chi connectivity index (χ0n) is 15.3. The van der Waals surface area contributed by atoms with Crippen LogP contribution in [0.2, 0.25) is 0 Å². The van der Waals surface area contributed by atoms with Crippen molar-refractivity contribution in [3.63, 3.8) is 0 Å². The summed E-state index contributed by atoms with van der Waals surface area (Å²) in [6.45, 7) is 6.94. The van der Waals surface area contributed by atoms with Crippen LogP contribution in [0, 0.1) is 5.41 Å². The van der Waals surface area contributed by atoms with Gasteiger partial charge in [0, 0.05) is 17.6 Å². The molecular formula is C19H24N4O3. The first-order valence-electron chi connectivity index (χ1n) is 8.93. The third-order valence-corrected chi connectivity index (χ3v) is 5.40. The maximum absolute atomic E-state index is 13.2. The number of nitrogen functional groups attached to an aromatic ring is 1. The van der Waals surface area contributed by atoms with Crippen LogP contribution in [0.4, 0.5) is 16.2 Å². The van der Waals surface area contributed by atoms with Crippen molar-refractivity contribution in [2.75, 3.05) is 23.8 Å². The molecule has 2 amide bonds. The van der Waals surface area contributed by atoms with Crippen molar-refractivity contribution in [1.29, 1.82) is 0 Å². The molecule has 0 aliphatic carbocycles. The minimum atomic E-state index is -0.969. The fourth-order valence-corrected chi connectivity index (χ4v) is 4.45. The number of rotatable bonds is 0. The highest BCUT2D eigenvalue weighted by molar-refractivity contribution is 6.03. The van der Waals surface area contributed by atoms with Gasteiger partial charge in [-0.05, 0) is 31.0 Å². The van der Waals surface area contributed by atoms with Gasteiger partial charge in [0.1, 0.15) is 6.67 Å². The lowest BCUT2D eigenvalue weighted by Crippen LogP contribution is -2.38. The number of benzene rings is 1. The SMILES string of the molecule is CC(C)(C)C1=C2[C@@H]3CCCN3C(=O)c3cc(N)ccc3N2CN1C(=O)O. The van der Waals surface area contributed by atoms with Gasteiger partial charge in [-0.25, -0.2) is 4.79 Å². The molecule has 3 aliphatic heterocycles. The first kappa shape index (κ1) is 16.8. The Balaban J connectivity index is 2.01. The van der Waals surface area contributed by atoms with Crippen LogP contribution in [-0.4, -0.2) is 46.2 Å². The molecule has 3 N–H and O–H groups in total. The lowest BCUT2D eigenvalue weighted by atomic mass is 9.88. The number of nitrogens with zero attached hydrogens (tertiary/aromatic N) is 3. The fraction of sp³-hybridized carbons (Fsp3) is 0.474. The molecular weight excluding hydrogens is 332 g/mol. The molecule has 0 bridgehead atoms. The van der Waals surface area contributed by atoms with Crippen molar-refractivity contribution in [2.45, 2.75) is 39.7 Å². The lowest BCUT2D eigenvalue weighted by molar-refractivity contribution is 0.0759. The molecule has 138 valence electrons. The first-order valence-corrected chi connectivity index (χ1v) is 8.93. The number of carbonyl (C=O) groups excluding carboxylic acids is 1. The van der Waals surface area contributed by atoms with Crippen LogP contribution in [0.15, 0.2) is 29.6 Å². The quantitative estimate of drug-likeness (QED) is 0.698. The van der Waals surface area contributed by atoms with Gasteiger partial charge in [-0.2, -0.15) is 0 Å². The van der Waals surface area contributed by atoms with Crippen LogP contribution in [0.5, 0.6) is 0 Å². The largest absolute Gasteiger partial charge is 0.465 e. The van der Waals surface area contributed by atoms with Crippen molar-refractivity contribution in [3.8, 4) is 0 Å². The third kappa shape index (κ3) is 2.26. The second kappa shape index (κ2) is 5.40. The van der Waals surface area contributed by atoms with E-state index in [2.05, 4.69) is 0 Å². The predicted octanol–water partition coefficient (Wildman–Crippen LogP) is 2.90. The highest BCUT2D eigenvalue weighted by Gasteiger charge is 2.48. The number of hydrogen-bond acceptors (Lipinski definition) is 4. The van der Waals surface area contributed by atoms with E-state index in [0.717, 1.165) is 29.9 Å². The Kier molecular flexibility index (Phi) is 3.48. The van der Waals surface area contributed by atoms with E-state index in [1.54, 1.807) is 12.1 Å². The minimum absolute atomic E-state index is 0.0214. The highest BCUT2D eigenvalue weighted by Crippen LogP contribution is 2.46. The summed E-state index contributed by atoms with van der Waals surface area (Å²) >= 11 is 0. The number of anilines is 2. The van der Waals surface area contributed by atoms with Gasteiger partial charge in [0.15, 0.2) is 0 Å². The summed E-state index contributed by atoms with van der Waals surface area (Å²) < 4.78 is 0. The summed E-state index contributed by atoms with van der Waals surface area (Å²) in [4.78, 5) is 30.4. The van der Waals surface area contributed by atoms with Crippen LogP contribution >= 0.6 is 0 Å². The molecule has 1 aromatic rings. The Morgan fingerprint density at radius 3 is 2.69 bits per heavy atom. The monoisotopic (exact) mass is 356 g/mol. The van der Waals surface area contributed by atoms with Crippen LogP contribution < -0.4 is 10.6 Å². The van der Waals surface area contributed by atoms with E-state index in [4.69, 9.17) is 5.73 Å². The molecule has 1 atom stereocenters. The number of amides is 2. The van der Waals surface area contributed by atoms with E-state index >= 15 is 0 Å². The predicted molar refractivity (Wildman–Crippen MR) is 98.6 cm³/mol. The number of carboxylic acid groups (broad SMARTS) is 1. The zero-order valence-corrected chi connectivity index (χ0v) is 15.3. The third-order valence-electron chi connectivity index (χ3n) is 5.40. The van der Waals surface area contributed by atoms with E-state index in [1.165, 1.54) is 4.90 Å². The molecule has 4 rings (SSSR count). The van der Waals surface area contributed by atoms with Gasteiger partial charge in [-0.15, -0.1) is 0 Å². The van der Waals surface area contributed by atoms with Gasteiger partial charge < -0.3 is 20.6 Å². The number of nitrogens with two attached hydrogens (primary N) is 1. The van der Waals surface area contributed by atoms with E-state index < -0.39 is 6.09 Å². The summed E-state index contributed by atoms with van der Waals surface area (Å²) in [5, 5.41) is 9.81. The second-order valence-corrected chi connectivity index (χ2v) is 8.20. The van der Waals surface area contributed by atoms with Crippen LogP contribution in [0.1, 0.15) is 44.0 Å². The summed E-state index contributed by atoms with van der Waals surface area (Å²) in [7, 11) is 0. The molecule has 0 aromatic heterocycles. The summed E-state index contributed by atoms with van der Waals surface area (Å²) in [6.07, 6.45) is 0.785. The van der Waals surface area contributed by atoms with E-state index in [-0.39, 0.29) is 24.0 Å². The molecule has 1 saturated heterocycles. The van der Waals surface area contributed by atoms with Gasteiger partial charge in [-0.3, -0.25) is 9.69 Å². The van der Waals surface area contributed by atoms with Crippen molar-refractivity contribution in [2.24, 2.45) is 5.41 Å². The Morgan fingerprint density at radius 2 is 2.04 bits per heavy atom. The molecule has 1 aromatic carbocycles. The molecule has 0 radical (unpaired) electrons. The topological polar surface area (TPSA) is 90.1 Å². The summed E-state index contributed by atoms with van der Waals surface area (Å²) in [6, 6.07) is 5.20. The minimum Gasteiger partial charge on any atom is -0.465 e. The smallest absolute Gasteiger partial charge is 0.413 e. The van der Waals surface area contributed by atoms with Crippen LogP contribution in [0.25, 0.3) is 0 Å². The molecule has 26 heavy (non-hydrogen) atoms. The second-order valence-electron chi connectivity index (χ2n) is 8.20. The lowest BCUT2D eigenvalue weighted by Gasteiger charge is -2.31. The van der Waals surface area contributed by atoms with Crippen molar-refractivity contribution in [3.05, 3.63) is 35.2 Å². The molecule has 3 heterocycles. The average molecular weight is 356 g/mol. The number of allylic oxidation sites excluding steroid dienone is 1. The summed E-state index contributed by atoms with van der Waals surface area (Å²) in [5.41, 5.74) is 9.11. The Morgan fingerprint density at radius 1 is 1.31 bits per heavy atom. The first-order chi connectivity index (χ1) is 12.2. The maximum Gasteiger partial charge on any atom is 0.413 e. The molecule has 3 aliphatic rings.